The number of hydrogen-bond donors (Lipinski definition) is 3. The quantitative estimate of drug-likeness (QED) is 0.0320. The number of carbonyl (C=O) groups is 2. The molecule has 0 aliphatic carbocycles. The van der Waals surface area contributed by atoms with Crippen LogP contribution in [0.3, 0.4) is 0 Å². The fraction of sp³-hybridized carbons (Fsp3) is 0.945. The lowest BCUT2D eigenvalue weighted by atomic mass is 10.0. The van der Waals surface area contributed by atoms with Gasteiger partial charge in [0.25, 0.3) is 0 Å². The maximum Gasteiger partial charge on any atom is 0.305 e. The molecule has 0 aromatic heterocycles. The Morgan fingerprint density at radius 1 is 0.342 bits per heavy atom. The third kappa shape index (κ3) is 65.6. The Balaban J connectivity index is 3.38. The summed E-state index contributed by atoms with van der Waals surface area (Å²) in [6.07, 6.45) is 85.5. The first kappa shape index (κ1) is 77.6. The van der Waals surface area contributed by atoms with Crippen LogP contribution in [0.4, 0.5) is 0 Å². The van der Waals surface area contributed by atoms with E-state index in [1.165, 1.54) is 347 Å². The number of aliphatic hydroxyl groups is 2. The first-order valence-electron chi connectivity index (χ1n) is 36.4. The fourth-order valence-corrected chi connectivity index (χ4v) is 11.8. The summed E-state index contributed by atoms with van der Waals surface area (Å²) in [7, 11) is 0. The van der Waals surface area contributed by atoms with E-state index < -0.39 is 12.1 Å². The second kappa shape index (κ2) is 69.1. The molecule has 6 nitrogen and oxygen atoms in total. The van der Waals surface area contributed by atoms with Crippen LogP contribution < -0.4 is 5.32 Å². The Kier molecular flexibility index (Phi) is 67.9. The van der Waals surface area contributed by atoms with Crippen LogP contribution in [0.15, 0.2) is 12.2 Å². The van der Waals surface area contributed by atoms with Crippen LogP contribution in [0, 0.1) is 0 Å². The smallest absolute Gasteiger partial charge is 0.305 e. The van der Waals surface area contributed by atoms with Crippen molar-refractivity contribution in [3.05, 3.63) is 12.2 Å². The summed E-state index contributed by atoms with van der Waals surface area (Å²) in [6.45, 7) is 5.00. The number of unbranched alkanes of at least 4 members (excludes halogenated alkanes) is 56. The summed E-state index contributed by atoms with van der Waals surface area (Å²) in [5.74, 6) is -0.0145. The third-order valence-corrected chi connectivity index (χ3v) is 17.3. The lowest BCUT2D eigenvalue weighted by Gasteiger charge is -2.22. The van der Waals surface area contributed by atoms with Crippen molar-refractivity contribution in [2.24, 2.45) is 0 Å². The Hall–Kier alpha value is -1.40. The Labute approximate surface area is 495 Å². The number of ether oxygens (including phenoxy) is 1. The number of amides is 1. The zero-order chi connectivity index (χ0) is 57.1. The number of allylic oxidation sites excluding steroid dienone is 2. The number of aliphatic hydroxyl groups excluding tert-OH is 2. The fourth-order valence-electron chi connectivity index (χ4n) is 11.8. The molecule has 6 heteroatoms. The number of rotatable bonds is 69. The SMILES string of the molecule is CCCCCCCCCCCCCCCCCCCCCCC(O)C(CO)NC(=O)CCCCCCCCCCC/C=C\CCCCCCCCCCCCCCOC(=O)CCCCCCCCCCCCCCCCCCC. The van der Waals surface area contributed by atoms with E-state index in [9.17, 15) is 19.8 Å². The molecule has 0 aromatic rings. The molecule has 0 aromatic carbocycles. The summed E-state index contributed by atoms with van der Waals surface area (Å²) in [5, 5.41) is 23.4. The summed E-state index contributed by atoms with van der Waals surface area (Å²) in [4.78, 5) is 24.6. The second-order valence-electron chi connectivity index (χ2n) is 25.3. The van der Waals surface area contributed by atoms with Crippen LogP contribution in [-0.2, 0) is 14.3 Å². The minimum atomic E-state index is -0.667. The monoisotopic (exact) mass is 1110 g/mol. The van der Waals surface area contributed by atoms with Gasteiger partial charge >= 0.3 is 5.97 Å². The van der Waals surface area contributed by atoms with Gasteiger partial charge in [0, 0.05) is 12.8 Å². The van der Waals surface area contributed by atoms with Gasteiger partial charge in [0.05, 0.1) is 25.4 Å². The van der Waals surface area contributed by atoms with Gasteiger partial charge in [-0.3, -0.25) is 9.59 Å². The highest BCUT2D eigenvalue weighted by Crippen LogP contribution is 2.19. The molecule has 0 fully saturated rings. The molecule has 470 valence electrons. The van der Waals surface area contributed by atoms with Crippen molar-refractivity contribution in [2.75, 3.05) is 13.2 Å². The van der Waals surface area contributed by atoms with Crippen molar-refractivity contribution < 1.29 is 24.5 Å². The van der Waals surface area contributed by atoms with Gasteiger partial charge in [-0.05, 0) is 51.4 Å². The van der Waals surface area contributed by atoms with E-state index in [0.29, 0.717) is 25.9 Å². The third-order valence-electron chi connectivity index (χ3n) is 17.3. The minimum absolute atomic E-state index is 0.0187. The summed E-state index contributed by atoms with van der Waals surface area (Å²) in [6, 6.07) is -0.544. The highest BCUT2D eigenvalue weighted by molar-refractivity contribution is 5.76. The molecule has 0 aliphatic heterocycles. The molecule has 0 spiro atoms. The first-order valence-corrected chi connectivity index (χ1v) is 36.4. The van der Waals surface area contributed by atoms with Crippen LogP contribution in [0.2, 0.25) is 0 Å². The number of nitrogens with one attached hydrogen (secondary N) is 1. The molecule has 0 heterocycles. The average Bonchev–Trinajstić information content (AvgIpc) is 3.45. The zero-order valence-electron chi connectivity index (χ0n) is 53.9. The molecule has 0 bridgehead atoms. The van der Waals surface area contributed by atoms with Gasteiger partial charge in [-0.15, -0.1) is 0 Å². The molecule has 1 amide bonds. The molecule has 0 saturated carbocycles. The molecular formula is C73H143NO5. The van der Waals surface area contributed by atoms with Gasteiger partial charge in [0.1, 0.15) is 0 Å². The largest absolute Gasteiger partial charge is 0.466 e. The lowest BCUT2D eigenvalue weighted by Crippen LogP contribution is -2.45. The molecule has 0 saturated heterocycles. The second-order valence-corrected chi connectivity index (χ2v) is 25.3. The molecule has 0 radical (unpaired) electrons. The van der Waals surface area contributed by atoms with Crippen LogP contribution in [0.1, 0.15) is 418 Å². The van der Waals surface area contributed by atoms with Crippen LogP contribution >= 0.6 is 0 Å². The van der Waals surface area contributed by atoms with Gasteiger partial charge in [-0.25, -0.2) is 0 Å². The number of esters is 1. The summed E-state index contributed by atoms with van der Waals surface area (Å²) < 4.78 is 5.51. The van der Waals surface area contributed by atoms with E-state index >= 15 is 0 Å². The van der Waals surface area contributed by atoms with Gasteiger partial charge in [0.15, 0.2) is 0 Å². The van der Waals surface area contributed by atoms with E-state index in [2.05, 4.69) is 31.3 Å². The van der Waals surface area contributed by atoms with Gasteiger partial charge < -0.3 is 20.3 Å². The first-order chi connectivity index (χ1) is 39.0. The van der Waals surface area contributed by atoms with Crippen molar-refractivity contribution in [1.82, 2.24) is 5.32 Å². The summed E-state index contributed by atoms with van der Waals surface area (Å²) >= 11 is 0. The van der Waals surface area contributed by atoms with E-state index in [0.717, 1.165) is 38.5 Å². The van der Waals surface area contributed by atoms with Crippen LogP contribution in [0.5, 0.6) is 0 Å². The van der Waals surface area contributed by atoms with Gasteiger partial charge in [-0.1, -0.05) is 366 Å². The van der Waals surface area contributed by atoms with Crippen LogP contribution in [0.25, 0.3) is 0 Å². The lowest BCUT2D eigenvalue weighted by molar-refractivity contribution is -0.143. The normalized spacial score (nSPS) is 12.5. The van der Waals surface area contributed by atoms with Crippen LogP contribution in [-0.4, -0.2) is 47.4 Å². The highest BCUT2D eigenvalue weighted by atomic mass is 16.5. The Bertz CT molecular complexity index is 1190. The van der Waals surface area contributed by atoms with E-state index in [1.807, 2.05) is 0 Å². The molecule has 79 heavy (non-hydrogen) atoms. The predicted molar refractivity (Wildman–Crippen MR) is 347 cm³/mol. The maximum atomic E-state index is 12.5. The Morgan fingerprint density at radius 2 is 0.595 bits per heavy atom. The minimum Gasteiger partial charge on any atom is -0.466 e. The van der Waals surface area contributed by atoms with E-state index in [4.69, 9.17) is 4.74 Å². The molecule has 3 N–H and O–H groups in total. The van der Waals surface area contributed by atoms with Crippen molar-refractivity contribution in [3.8, 4) is 0 Å². The van der Waals surface area contributed by atoms with E-state index in [-0.39, 0.29) is 18.5 Å². The predicted octanol–water partition coefficient (Wildman–Crippen LogP) is 23.5. The van der Waals surface area contributed by atoms with E-state index in [1.54, 1.807) is 0 Å². The number of carbonyl (C=O) groups excluding carboxylic acids is 2. The van der Waals surface area contributed by atoms with Gasteiger partial charge in [-0.2, -0.15) is 0 Å². The molecule has 0 rings (SSSR count). The molecule has 2 unspecified atom stereocenters. The van der Waals surface area contributed by atoms with Crippen molar-refractivity contribution >= 4 is 11.9 Å². The average molecular weight is 1110 g/mol. The Morgan fingerprint density at radius 3 is 0.899 bits per heavy atom. The molecular weight excluding hydrogens is 971 g/mol. The summed E-state index contributed by atoms with van der Waals surface area (Å²) in [5.41, 5.74) is 0. The molecule has 2 atom stereocenters. The van der Waals surface area contributed by atoms with Crippen molar-refractivity contribution in [1.29, 1.82) is 0 Å². The highest BCUT2D eigenvalue weighted by Gasteiger charge is 2.20. The zero-order valence-corrected chi connectivity index (χ0v) is 53.9. The maximum absolute atomic E-state index is 12.5. The number of hydrogen-bond acceptors (Lipinski definition) is 5. The standard InChI is InChI=1S/C73H143NO5/c1-3-5-7-9-11-13-15-17-19-21-22-30-34-37-41-45-49-53-57-61-65-71(76)70(69-75)74-72(77)66-62-58-54-50-46-42-38-35-31-28-26-24-23-25-27-29-32-36-40-44-48-52-56-60-64-68-79-73(78)67-63-59-55-51-47-43-39-33-20-18-16-14-12-10-8-6-4-2/h24,26,70-71,75-76H,3-23,25,27-69H2,1-2H3,(H,74,77)/b26-24-. The van der Waals surface area contributed by atoms with Crippen molar-refractivity contribution in [3.63, 3.8) is 0 Å². The van der Waals surface area contributed by atoms with Crippen molar-refractivity contribution in [2.45, 2.75) is 431 Å². The van der Waals surface area contributed by atoms with Gasteiger partial charge in [0.2, 0.25) is 5.91 Å². The topological polar surface area (TPSA) is 95.9 Å². The molecule has 0 aliphatic rings.